The lowest BCUT2D eigenvalue weighted by atomic mass is 10.2. The van der Waals surface area contributed by atoms with E-state index >= 15 is 0 Å². The van der Waals surface area contributed by atoms with Gasteiger partial charge in [-0.05, 0) is 38.5 Å². The van der Waals surface area contributed by atoms with Gasteiger partial charge in [0, 0.05) is 11.8 Å². The van der Waals surface area contributed by atoms with Crippen molar-refractivity contribution < 1.29 is 28.2 Å². The predicted molar refractivity (Wildman–Crippen MR) is 111 cm³/mol. The number of para-hydroxylation sites is 1. The fourth-order valence-corrected chi connectivity index (χ4v) is 3.71. The van der Waals surface area contributed by atoms with Crippen molar-refractivity contribution in [1.82, 2.24) is 0 Å². The summed E-state index contributed by atoms with van der Waals surface area (Å²) in [7, 11) is 0. The molecule has 29 heavy (non-hydrogen) atoms. The van der Waals surface area contributed by atoms with Crippen molar-refractivity contribution in [3.05, 3.63) is 35.2 Å². The number of anilines is 1. The number of ether oxygens (including phenoxy) is 3. The molecule has 0 saturated heterocycles. The quantitative estimate of drug-likeness (QED) is 0.400. The second-order valence-electron chi connectivity index (χ2n) is 6.16. The lowest BCUT2D eigenvalue weighted by molar-refractivity contribution is -0.143. The van der Waals surface area contributed by atoms with Crippen LogP contribution in [0.25, 0.3) is 21.6 Å². The summed E-state index contributed by atoms with van der Waals surface area (Å²) in [6, 6.07) is 9.18. The minimum absolute atomic E-state index is 0.234. The van der Waals surface area contributed by atoms with Crippen LogP contribution in [0.4, 0.5) is 5.69 Å². The largest absolute Gasteiger partial charge is 0.490 e. The smallest absolute Gasteiger partial charge is 0.350 e. The first kappa shape index (κ1) is 20.7. The van der Waals surface area contributed by atoms with E-state index in [0.29, 0.717) is 53.7 Å². The minimum Gasteiger partial charge on any atom is -0.490 e. The monoisotopic (exact) mass is 417 g/mol. The summed E-state index contributed by atoms with van der Waals surface area (Å²) < 4.78 is 21.7. The number of benzene rings is 1. The van der Waals surface area contributed by atoms with Gasteiger partial charge in [0.2, 0.25) is 0 Å². The number of furan rings is 1. The van der Waals surface area contributed by atoms with Gasteiger partial charge < -0.3 is 24.4 Å². The normalized spacial score (nSPS) is 10.8. The molecule has 2 aromatic heterocycles. The third-order valence-electron chi connectivity index (χ3n) is 4.06. The number of esters is 2. The van der Waals surface area contributed by atoms with Gasteiger partial charge in [-0.3, -0.25) is 4.79 Å². The summed E-state index contributed by atoms with van der Waals surface area (Å²) in [5.74, 6) is 0.507. The van der Waals surface area contributed by atoms with Crippen LogP contribution >= 0.6 is 11.3 Å². The molecule has 8 heteroatoms. The highest BCUT2D eigenvalue weighted by Gasteiger charge is 2.19. The number of carbonyl (C=O) groups excluding carboxylic acids is 2. The molecule has 0 spiro atoms. The Balaban J connectivity index is 1.75. The van der Waals surface area contributed by atoms with E-state index in [1.165, 1.54) is 11.3 Å². The molecule has 7 nitrogen and oxygen atoms in total. The first-order valence-corrected chi connectivity index (χ1v) is 10.2. The van der Waals surface area contributed by atoms with Gasteiger partial charge in [-0.2, -0.15) is 0 Å². The van der Waals surface area contributed by atoms with E-state index in [2.05, 4.69) is 0 Å². The SMILES string of the molecule is CCOC(=O)CCCOc1cccc2cc(-c3cc(N)c(C(=O)OCC)s3)oc12. The maximum atomic E-state index is 12.0. The molecule has 0 amide bonds. The van der Waals surface area contributed by atoms with Crippen LogP contribution in [0.15, 0.2) is 34.7 Å². The van der Waals surface area contributed by atoms with Gasteiger partial charge in [-0.15, -0.1) is 11.3 Å². The third kappa shape index (κ3) is 4.89. The van der Waals surface area contributed by atoms with E-state index in [-0.39, 0.29) is 12.6 Å². The summed E-state index contributed by atoms with van der Waals surface area (Å²) in [6.07, 6.45) is 0.853. The number of thiophene rings is 1. The standard InChI is InChI=1S/C21H23NO6S/c1-3-25-18(23)9-6-10-27-15-8-5-7-13-11-16(28-19(13)15)17-12-14(22)20(29-17)21(24)26-4-2/h5,7-8,11-12H,3-4,6,9-10,22H2,1-2H3. The Morgan fingerprint density at radius 3 is 2.69 bits per heavy atom. The molecule has 1 aromatic carbocycles. The van der Waals surface area contributed by atoms with Gasteiger partial charge in [0.25, 0.3) is 0 Å². The summed E-state index contributed by atoms with van der Waals surface area (Å²) in [6.45, 7) is 4.55. The highest BCUT2D eigenvalue weighted by Crippen LogP contribution is 2.38. The molecule has 0 radical (unpaired) electrons. The first-order valence-electron chi connectivity index (χ1n) is 9.41. The molecule has 3 aromatic rings. The maximum Gasteiger partial charge on any atom is 0.350 e. The molecule has 0 unspecified atom stereocenters. The molecule has 2 heterocycles. The van der Waals surface area contributed by atoms with Crippen molar-refractivity contribution in [2.24, 2.45) is 0 Å². The van der Waals surface area contributed by atoms with Crippen molar-refractivity contribution in [1.29, 1.82) is 0 Å². The van der Waals surface area contributed by atoms with Crippen LogP contribution in [0.2, 0.25) is 0 Å². The number of nitrogens with two attached hydrogens (primary N) is 1. The molecule has 0 aliphatic rings. The van der Waals surface area contributed by atoms with Gasteiger partial charge in [0.1, 0.15) is 10.6 Å². The van der Waals surface area contributed by atoms with Crippen LogP contribution < -0.4 is 10.5 Å². The summed E-state index contributed by atoms with van der Waals surface area (Å²) in [5.41, 5.74) is 6.93. The summed E-state index contributed by atoms with van der Waals surface area (Å²) in [5, 5.41) is 0.868. The lowest BCUT2D eigenvalue weighted by Gasteiger charge is -2.06. The Labute approximate surface area is 172 Å². The second-order valence-corrected chi connectivity index (χ2v) is 7.21. The van der Waals surface area contributed by atoms with E-state index in [4.69, 9.17) is 24.4 Å². The Bertz CT molecular complexity index is 1010. The molecule has 3 rings (SSSR count). The average molecular weight is 417 g/mol. The van der Waals surface area contributed by atoms with Crippen LogP contribution in [0.5, 0.6) is 5.75 Å². The highest BCUT2D eigenvalue weighted by molar-refractivity contribution is 7.17. The molecule has 0 bridgehead atoms. The molecule has 0 fully saturated rings. The van der Waals surface area contributed by atoms with Crippen LogP contribution in [0, 0.1) is 0 Å². The van der Waals surface area contributed by atoms with E-state index in [0.717, 1.165) is 10.3 Å². The molecular weight excluding hydrogens is 394 g/mol. The zero-order valence-electron chi connectivity index (χ0n) is 16.4. The summed E-state index contributed by atoms with van der Waals surface area (Å²) >= 11 is 1.23. The number of hydrogen-bond acceptors (Lipinski definition) is 8. The molecule has 2 N–H and O–H groups in total. The van der Waals surface area contributed by atoms with E-state index in [9.17, 15) is 9.59 Å². The van der Waals surface area contributed by atoms with Gasteiger partial charge in [-0.25, -0.2) is 4.79 Å². The molecule has 0 saturated carbocycles. The second kappa shape index (κ2) is 9.47. The molecule has 154 valence electrons. The number of nitrogen functional groups attached to an aromatic ring is 1. The van der Waals surface area contributed by atoms with Crippen LogP contribution in [-0.2, 0) is 14.3 Å². The van der Waals surface area contributed by atoms with Crippen molar-refractivity contribution in [2.75, 3.05) is 25.6 Å². The van der Waals surface area contributed by atoms with Crippen molar-refractivity contribution >= 4 is 39.9 Å². The van der Waals surface area contributed by atoms with Gasteiger partial charge in [0.05, 0.1) is 30.4 Å². The Morgan fingerprint density at radius 1 is 1.14 bits per heavy atom. The first-order chi connectivity index (χ1) is 14.0. The zero-order chi connectivity index (χ0) is 20.8. The number of fused-ring (bicyclic) bond motifs is 1. The maximum absolute atomic E-state index is 12.0. The predicted octanol–water partition coefficient (Wildman–Crippen LogP) is 4.64. The Morgan fingerprint density at radius 2 is 1.93 bits per heavy atom. The number of hydrogen-bond donors (Lipinski definition) is 1. The van der Waals surface area contributed by atoms with E-state index in [1.807, 2.05) is 24.3 Å². The fourth-order valence-electron chi connectivity index (χ4n) is 2.79. The Hall–Kier alpha value is -3.00. The Kier molecular flexibility index (Phi) is 6.77. The molecular formula is C21H23NO6S. The van der Waals surface area contributed by atoms with Crippen molar-refractivity contribution in [2.45, 2.75) is 26.7 Å². The van der Waals surface area contributed by atoms with E-state index in [1.54, 1.807) is 19.9 Å². The zero-order valence-corrected chi connectivity index (χ0v) is 17.2. The molecule has 0 atom stereocenters. The summed E-state index contributed by atoms with van der Waals surface area (Å²) in [4.78, 5) is 24.5. The van der Waals surface area contributed by atoms with Crippen LogP contribution in [0.3, 0.4) is 0 Å². The van der Waals surface area contributed by atoms with Crippen molar-refractivity contribution in [3.63, 3.8) is 0 Å². The number of carbonyl (C=O) groups is 2. The van der Waals surface area contributed by atoms with Gasteiger partial charge in [-0.1, -0.05) is 12.1 Å². The fraction of sp³-hybridized carbons (Fsp3) is 0.333. The van der Waals surface area contributed by atoms with Crippen LogP contribution in [0.1, 0.15) is 36.4 Å². The molecule has 0 aliphatic carbocycles. The average Bonchev–Trinajstić information content (AvgIpc) is 3.29. The van der Waals surface area contributed by atoms with Gasteiger partial charge >= 0.3 is 11.9 Å². The van der Waals surface area contributed by atoms with Gasteiger partial charge in [0.15, 0.2) is 11.3 Å². The lowest BCUT2D eigenvalue weighted by Crippen LogP contribution is -2.06. The molecule has 0 aliphatic heterocycles. The van der Waals surface area contributed by atoms with E-state index < -0.39 is 5.97 Å². The topological polar surface area (TPSA) is 101 Å². The highest BCUT2D eigenvalue weighted by atomic mass is 32.1. The number of rotatable bonds is 9. The third-order valence-corrected chi connectivity index (χ3v) is 5.21. The van der Waals surface area contributed by atoms with Crippen molar-refractivity contribution in [3.8, 4) is 16.4 Å². The minimum atomic E-state index is -0.442. The van der Waals surface area contributed by atoms with Crippen LogP contribution in [-0.4, -0.2) is 31.8 Å².